The molecular weight excluding hydrogens is 262 g/mol. The number of hydrogen-bond donors (Lipinski definition) is 1. The smallest absolute Gasteiger partial charge is 0.131 e. The molecule has 2 unspecified atom stereocenters. The van der Waals surface area contributed by atoms with Crippen LogP contribution in [0.2, 0.25) is 0 Å². The van der Waals surface area contributed by atoms with E-state index in [1.54, 1.807) is 0 Å². The number of nitrogens with one attached hydrogen (secondary N) is 1. The average Bonchev–Trinajstić information content (AvgIpc) is 2.46. The third-order valence-electron chi connectivity index (χ3n) is 4.31. The summed E-state index contributed by atoms with van der Waals surface area (Å²) in [5.74, 6) is 1.73. The van der Waals surface area contributed by atoms with Gasteiger partial charge in [-0.15, -0.1) is 0 Å². The third kappa shape index (κ3) is 4.17. The molecule has 0 radical (unpaired) electrons. The first-order chi connectivity index (χ1) is 10.0. The Morgan fingerprint density at radius 2 is 2.24 bits per heavy atom. The molecule has 0 spiro atoms. The molecule has 4 nitrogen and oxygen atoms in total. The summed E-state index contributed by atoms with van der Waals surface area (Å²) in [5, 5.41) is 3.44. The SMILES string of the molecule is COC1CN(c2ncc(CNC(C)C)cc2C)CCC1C. The average molecular weight is 291 g/mol. The van der Waals surface area contributed by atoms with Crippen LogP contribution in [0.1, 0.15) is 38.3 Å². The van der Waals surface area contributed by atoms with E-state index < -0.39 is 0 Å². The Labute approximate surface area is 128 Å². The van der Waals surface area contributed by atoms with Crippen LogP contribution in [0.15, 0.2) is 12.3 Å². The topological polar surface area (TPSA) is 37.4 Å². The van der Waals surface area contributed by atoms with E-state index in [1.165, 1.54) is 11.1 Å². The molecule has 2 rings (SSSR count). The number of anilines is 1. The van der Waals surface area contributed by atoms with Crippen molar-refractivity contribution < 1.29 is 4.74 Å². The monoisotopic (exact) mass is 291 g/mol. The molecule has 1 aliphatic rings. The maximum absolute atomic E-state index is 5.60. The number of piperidine rings is 1. The zero-order valence-electron chi connectivity index (χ0n) is 14.0. The van der Waals surface area contributed by atoms with E-state index in [4.69, 9.17) is 9.72 Å². The maximum atomic E-state index is 5.60. The lowest BCUT2D eigenvalue weighted by Gasteiger charge is -2.37. The number of aromatic nitrogens is 1. The number of nitrogens with zero attached hydrogens (tertiary/aromatic N) is 2. The minimum Gasteiger partial charge on any atom is -0.379 e. The number of rotatable bonds is 5. The Kier molecular flexibility index (Phi) is 5.59. The molecule has 21 heavy (non-hydrogen) atoms. The van der Waals surface area contributed by atoms with Crippen molar-refractivity contribution in [1.29, 1.82) is 0 Å². The van der Waals surface area contributed by atoms with Gasteiger partial charge in [-0.25, -0.2) is 4.98 Å². The quantitative estimate of drug-likeness (QED) is 0.905. The largest absolute Gasteiger partial charge is 0.379 e. The van der Waals surface area contributed by atoms with Crippen LogP contribution in [0.25, 0.3) is 0 Å². The first-order valence-electron chi connectivity index (χ1n) is 7.98. The van der Waals surface area contributed by atoms with Crippen molar-refractivity contribution in [1.82, 2.24) is 10.3 Å². The Morgan fingerprint density at radius 1 is 1.48 bits per heavy atom. The third-order valence-corrected chi connectivity index (χ3v) is 4.31. The van der Waals surface area contributed by atoms with Crippen LogP contribution in [0, 0.1) is 12.8 Å². The normalized spacial score (nSPS) is 22.9. The van der Waals surface area contributed by atoms with Gasteiger partial charge in [-0.1, -0.05) is 20.8 Å². The number of ether oxygens (including phenoxy) is 1. The Bertz CT molecular complexity index is 461. The van der Waals surface area contributed by atoms with E-state index in [0.717, 1.165) is 31.9 Å². The van der Waals surface area contributed by atoms with Crippen LogP contribution in [0.3, 0.4) is 0 Å². The number of hydrogen-bond acceptors (Lipinski definition) is 4. The summed E-state index contributed by atoms with van der Waals surface area (Å²) in [6.07, 6.45) is 3.47. The highest BCUT2D eigenvalue weighted by Gasteiger charge is 2.27. The fourth-order valence-corrected chi connectivity index (χ4v) is 2.91. The van der Waals surface area contributed by atoms with Gasteiger partial charge in [0.2, 0.25) is 0 Å². The fourth-order valence-electron chi connectivity index (χ4n) is 2.91. The predicted octanol–water partition coefficient (Wildman–Crippen LogP) is 2.75. The van der Waals surface area contributed by atoms with Gasteiger partial charge >= 0.3 is 0 Å². The summed E-state index contributed by atoms with van der Waals surface area (Å²) in [6, 6.07) is 2.74. The van der Waals surface area contributed by atoms with Gasteiger partial charge in [0.25, 0.3) is 0 Å². The van der Waals surface area contributed by atoms with Crippen molar-refractivity contribution in [3.8, 4) is 0 Å². The van der Waals surface area contributed by atoms with Crippen LogP contribution in [0.4, 0.5) is 5.82 Å². The highest BCUT2D eigenvalue weighted by Crippen LogP contribution is 2.26. The molecule has 4 heteroatoms. The molecule has 0 aliphatic carbocycles. The minimum atomic E-state index is 0.308. The Hall–Kier alpha value is -1.13. The van der Waals surface area contributed by atoms with Gasteiger partial charge in [-0.05, 0) is 36.5 Å². The van der Waals surface area contributed by atoms with Crippen molar-refractivity contribution >= 4 is 5.82 Å². The first kappa shape index (κ1) is 16.2. The highest BCUT2D eigenvalue weighted by atomic mass is 16.5. The molecule has 1 N–H and O–H groups in total. The van der Waals surface area contributed by atoms with Crippen molar-refractivity contribution in [2.75, 3.05) is 25.1 Å². The van der Waals surface area contributed by atoms with Gasteiger partial charge in [0.15, 0.2) is 0 Å². The second-order valence-corrected chi connectivity index (χ2v) is 6.51. The molecule has 1 aliphatic heterocycles. The molecule has 2 atom stereocenters. The van der Waals surface area contributed by atoms with E-state index in [1.807, 2.05) is 13.3 Å². The van der Waals surface area contributed by atoms with Crippen LogP contribution >= 0.6 is 0 Å². The van der Waals surface area contributed by atoms with Crippen LogP contribution in [-0.2, 0) is 11.3 Å². The number of aryl methyl sites for hydroxylation is 1. The van der Waals surface area contributed by atoms with Crippen LogP contribution < -0.4 is 10.2 Å². The Balaban J connectivity index is 2.06. The summed E-state index contributed by atoms with van der Waals surface area (Å²) < 4.78 is 5.60. The van der Waals surface area contributed by atoms with E-state index in [-0.39, 0.29) is 0 Å². The van der Waals surface area contributed by atoms with Crippen molar-refractivity contribution in [2.24, 2.45) is 5.92 Å². The van der Waals surface area contributed by atoms with Crippen molar-refractivity contribution in [2.45, 2.75) is 52.8 Å². The summed E-state index contributed by atoms with van der Waals surface area (Å²) in [4.78, 5) is 7.07. The molecule has 0 saturated carbocycles. The summed E-state index contributed by atoms with van der Waals surface area (Å²) in [7, 11) is 1.81. The van der Waals surface area contributed by atoms with Gasteiger partial charge in [0.1, 0.15) is 5.82 Å². The molecule has 1 saturated heterocycles. The van der Waals surface area contributed by atoms with Crippen LogP contribution in [-0.4, -0.2) is 37.3 Å². The van der Waals surface area contributed by atoms with E-state index in [2.05, 4.69) is 44.0 Å². The molecule has 0 amide bonds. The van der Waals surface area contributed by atoms with Gasteiger partial charge < -0.3 is 15.0 Å². The zero-order chi connectivity index (χ0) is 15.4. The van der Waals surface area contributed by atoms with Gasteiger partial charge in [0.05, 0.1) is 6.10 Å². The summed E-state index contributed by atoms with van der Waals surface area (Å²) in [5.41, 5.74) is 2.50. The molecule has 118 valence electrons. The predicted molar refractivity (Wildman–Crippen MR) is 87.7 cm³/mol. The standard InChI is InChI=1S/C17H29N3O/c1-12(2)18-9-15-8-14(4)17(19-10-15)20-7-6-13(3)16(11-20)21-5/h8,10,12-13,16,18H,6-7,9,11H2,1-5H3. The lowest BCUT2D eigenvalue weighted by molar-refractivity contribution is 0.0496. The van der Waals surface area contributed by atoms with Gasteiger partial charge in [0, 0.05) is 39.0 Å². The molecule has 1 fully saturated rings. The van der Waals surface area contributed by atoms with E-state index >= 15 is 0 Å². The minimum absolute atomic E-state index is 0.308. The first-order valence-corrected chi connectivity index (χ1v) is 7.98. The fraction of sp³-hybridized carbons (Fsp3) is 0.706. The molecule has 1 aromatic rings. The lowest BCUT2D eigenvalue weighted by Crippen LogP contribution is -2.44. The van der Waals surface area contributed by atoms with E-state index in [9.17, 15) is 0 Å². The number of methoxy groups -OCH3 is 1. The maximum Gasteiger partial charge on any atom is 0.131 e. The molecular formula is C17H29N3O. The second-order valence-electron chi connectivity index (χ2n) is 6.51. The van der Waals surface area contributed by atoms with E-state index in [0.29, 0.717) is 18.1 Å². The Morgan fingerprint density at radius 3 is 2.86 bits per heavy atom. The van der Waals surface area contributed by atoms with Crippen LogP contribution in [0.5, 0.6) is 0 Å². The summed E-state index contributed by atoms with van der Waals surface area (Å²) >= 11 is 0. The zero-order valence-corrected chi connectivity index (χ0v) is 14.0. The second kappa shape index (κ2) is 7.23. The van der Waals surface area contributed by atoms with Crippen molar-refractivity contribution in [3.05, 3.63) is 23.4 Å². The molecule has 2 heterocycles. The number of pyridine rings is 1. The van der Waals surface area contributed by atoms with Gasteiger partial charge in [-0.2, -0.15) is 0 Å². The van der Waals surface area contributed by atoms with Crippen molar-refractivity contribution in [3.63, 3.8) is 0 Å². The molecule has 0 aromatic carbocycles. The summed E-state index contributed by atoms with van der Waals surface area (Å²) in [6.45, 7) is 11.6. The van der Waals surface area contributed by atoms with Gasteiger partial charge in [-0.3, -0.25) is 0 Å². The lowest BCUT2D eigenvalue weighted by atomic mass is 9.95. The molecule has 0 bridgehead atoms. The molecule has 1 aromatic heterocycles. The highest BCUT2D eigenvalue weighted by molar-refractivity contribution is 5.48.